The third-order valence-corrected chi connectivity index (χ3v) is 4.38. The summed E-state index contributed by atoms with van der Waals surface area (Å²) in [6.45, 7) is 7.33. The molecule has 3 nitrogen and oxygen atoms in total. The van der Waals surface area contributed by atoms with Crippen LogP contribution in [0.15, 0.2) is 24.3 Å². The largest absolute Gasteiger partial charge is 0.491 e. The number of rotatable bonds is 6. The molecule has 0 spiro atoms. The maximum absolute atomic E-state index is 9.86. The van der Waals surface area contributed by atoms with Crippen LogP contribution in [0.4, 0.5) is 0 Å². The lowest BCUT2D eigenvalue weighted by molar-refractivity contribution is 0.0978. The molecular formula is C18H29NO2. The second-order valence-corrected chi connectivity index (χ2v) is 6.77. The third-order valence-electron chi connectivity index (χ3n) is 4.38. The number of nitrogens with one attached hydrogen (secondary N) is 1. The first-order valence-electron chi connectivity index (χ1n) is 8.15. The van der Waals surface area contributed by atoms with Crippen LogP contribution in [0.5, 0.6) is 5.75 Å². The van der Waals surface area contributed by atoms with Crippen molar-refractivity contribution in [3.63, 3.8) is 0 Å². The zero-order valence-electron chi connectivity index (χ0n) is 13.6. The summed E-state index contributed by atoms with van der Waals surface area (Å²) in [7, 11) is 0. The Morgan fingerprint density at radius 2 is 2.14 bits per heavy atom. The lowest BCUT2D eigenvalue weighted by atomic mass is 9.77. The van der Waals surface area contributed by atoms with Crippen LogP contribution in [-0.2, 0) is 6.54 Å². The van der Waals surface area contributed by atoms with Crippen LogP contribution in [0.2, 0.25) is 0 Å². The Balaban J connectivity index is 2.04. The van der Waals surface area contributed by atoms with Gasteiger partial charge in [0.05, 0.1) is 12.7 Å². The molecule has 0 aromatic heterocycles. The SMILES string of the molecule is CC1CCCC(CO)(NCc2ccccc2OC(C)C)C1. The van der Waals surface area contributed by atoms with Gasteiger partial charge in [-0.1, -0.05) is 38.0 Å². The molecule has 2 unspecified atom stereocenters. The summed E-state index contributed by atoms with van der Waals surface area (Å²) in [5, 5.41) is 13.5. The first-order valence-corrected chi connectivity index (χ1v) is 8.15. The highest BCUT2D eigenvalue weighted by atomic mass is 16.5. The summed E-state index contributed by atoms with van der Waals surface area (Å²) in [5.41, 5.74) is 1.04. The van der Waals surface area contributed by atoms with Crippen LogP contribution in [0.1, 0.15) is 52.0 Å². The number of benzene rings is 1. The number of aliphatic hydroxyl groups excluding tert-OH is 1. The van der Waals surface area contributed by atoms with Gasteiger partial charge in [0.2, 0.25) is 0 Å². The van der Waals surface area contributed by atoms with E-state index in [4.69, 9.17) is 4.74 Å². The van der Waals surface area contributed by atoms with E-state index in [1.165, 1.54) is 12.8 Å². The minimum Gasteiger partial charge on any atom is -0.491 e. The zero-order chi connectivity index (χ0) is 15.3. The average molecular weight is 291 g/mol. The molecule has 1 aliphatic carbocycles. The molecule has 0 heterocycles. The number of ether oxygens (including phenoxy) is 1. The molecule has 2 N–H and O–H groups in total. The van der Waals surface area contributed by atoms with E-state index in [9.17, 15) is 5.11 Å². The second kappa shape index (κ2) is 7.28. The molecule has 1 aliphatic rings. The van der Waals surface area contributed by atoms with E-state index in [2.05, 4.69) is 18.3 Å². The summed E-state index contributed by atoms with van der Waals surface area (Å²) in [4.78, 5) is 0. The van der Waals surface area contributed by atoms with E-state index in [0.29, 0.717) is 5.92 Å². The lowest BCUT2D eigenvalue weighted by Crippen LogP contribution is -2.51. The molecule has 1 aromatic carbocycles. The number of para-hydroxylation sites is 1. The van der Waals surface area contributed by atoms with Crippen molar-refractivity contribution in [2.45, 2.75) is 64.6 Å². The standard InChI is InChI=1S/C18H29NO2/c1-14(2)21-17-9-5-4-8-16(17)12-19-18(13-20)10-6-7-15(3)11-18/h4-5,8-9,14-15,19-20H,6-7,10-13H2,1-3H3. The second-order valence-electron chi connectivity index (χ2n) is 6.77. The van der Waals surface area contributed by atoms with Gasteiger partial charge < -0.3 is 15.2 Å². The highest BCUT2D eigenvalue weighted by molar-refractivity contribution is 5.33. The Morgan fingerprint density at radius 1 is 1.38 bits per heavy atom. The summed E-state index contributed by atoms with van der Waals surface area (Å²) in [5.74, 6) is 1.62. The lowest BCUT2D eigenvalue weighted by Gasteiger charge is -2.39. The molecule has 0 saturated heterocycles. The van der Waals surface area contributed by atoms with Crippen molar-refractivity contribution < 1.29 is 9.84 Å². The van der Waals surface area contributed by atoms with Crippen LogP contribution in [0.25, 0.3) is 0 Å². The Labute approximate surface area is 128 Å². The first-order chi connectivity index (χ1) is 10.0. The molecule has 0 amide bonds. The monoisotopic (exact) mass is 291 g/mol. The molecule has 2 atom stereocenters. The predicted molar refractivity (Wildman–Crippen MR) is 86.5 cm³/mol. The van der Waals surface area contributed by atoms with Gasteiger partial charge in [0.1, 0.15) is 5.75 Å². The Hall–Kier alpha value is -1.06. The van der Waals surface area contributed by atoms with Gasteiger partial charge in [-0.15, -0.1) is 0 Å². The van der Waals surface area contributed by atoms with E-state index < -0.39 is 0 Å². The zero-order valence-corrected chi connectivity index (χ0v) is 13.6. The van der Waals surface area contributed by atoms with Gasteiger partial charge in [0.25, 0.3) is 0 Å². The van der Waals surface area contributed by atoms with E-state index in [0.717, 1.165) is 30.7 Å². The van der Waals surface area contributed by atoms with E-state index >= 15 is 0 Å². The van der Waals surface area contributed by atoms with Crippen molar-refractivity contribution in [3.05, 3.63) is 29.8 Å². The van der Waals surface area contributed by atoms with E-state index in [1.54, 1.807) is 0 Å². The molecule has 3 heteroatoms. The van der Waals surface area contributed by atoms with E-state index in [-0.39, 0.29) is 18.2 Å². The summed E-state index contributed by atoms with van der Waals surface area (Å²) >= 11 is 0. The van der Waals surface area contributed by atoms with Gasteiger partial charge in [-0.2, -0.15) is 0 Å². The Kier molecular flexibility index (Phi) is 5.65. The summed E-state index contributed by atoms with van der Waals surface area (Å²) in [6, 6.07) is 8.17. The number of aliphatic hydroxyl groups is 1. The summed E-state index contributed by atoms with van der Waals surface area (Å²) < 4.78 is 5.87. The van der Waals surface area contributed by atoms with Crippen molar-refractivity contribution in [1.82, 2.24) is 5.32 Å². The Bertz CT molecular complexity index is 447. The first kappa shape index (κ1) is 16.3. The topological polar surface area (TPSA) is 41.5 Å². The quantitative estimate of drug-likeness (QED) is 0.843. The molecule has 118 valence electrons. The van der Waals surface area contributed by atoms with Gasteiger partial charge in [-0.05, 0) is 38.7 Å². The highest BCUT2D eigenvalue weighted by Crippen LogP contribution is 2.32. The van der Waals surface area contributed by atoms with Gasteiger partial charge in [0, 0.05) is 17.6 Å². The van der Waals surface area contributed by atoms with Crippen molar-refractivity contribution >= 4 is 0 Å². The third kappa shape index (κ3) is 4.45. The summed E-state index contributed by atoms with van der Waals surface area (Å²) in [6.07, 6.45) is 4.75. The predicted octanol–water partition coefficient (Wildman–Crippen LogP) is 3.50. The van der Waals surface area contributed by atoms with Crippen molar-refractivity contribution in [2.24, 2.45) is 5.92 Å². The van der Waals surface area contributed by atoms with Crippen LogP contribution in [0.3, 0.4) is 0 Å². The minimum absolute atomic E-state index is 0.122. The van der Waals surface area contributed by atoms with Crippen LogP contribution < -0.4 is 10.1 Å². The van der Waals surface area contributed by atoms with Crippen molar-refractivity contribution in [3.8, 4) is 5.75 Å². The van der Waals surface area contributed by atoms with Gasteiger partial charge in [-0.25, -0.2) is 0 Å². The fourth-order valence-corrected chi connectivity index (χ4v) is 3.32. The molecule has 1 fully saturated rings. The molecule has 0 radical (unpaired) electrons. The molecular weight excluding hydrogens is 262 g/mol. The smallest absolute Gasteiger partial charge is 0.124 e. The average Bonchev–Trinajstić information content (AvgIpc) is 2.46. The fraction of sp³-hybridized carbons (Fsp3) is 0.667. The molecule has 1 aromatic rings. The Morgan fingerprint density at radius 3 is 2.81 bits per heavy atom. The van der Waals surface area contributed by atoms with Crippen molar-refractivity contribution in [2.75, 3.05) is 6.61 Å². The van der Waals surface area contributed by atoms with Crippen LogP contribution >= 0.6 is 0 Å². The van der Waals surface area contributed by atoms with Crippen LogP contribution in [-0.4, -0.2) is 23.4 Å². The molecule has 2 rings (SSSR count). The highest BCUT2D eigenvalue weighted by Gasteiger charge is 2.33. The fourth-order valence-electron chi connectivity index (χ4n) is 3.32. The minimum atomic E-state index is -0.122. The molecule has 0 aliphatic heterocycles. The van der Waals surface area contributed by atoms with Crippen molar-refractivity contribution in [1.29, 1.82) is 0 Å². The molecule has 0 bridgehead atoms. The van der Waals surface area contributed by atoms with Gasteiger partial charge in [-0.3, -0.25) is 0 Å². The molecule has 21 heavy (non-hydrogen) atoms. The van der Waals surface area contributed by atoms with Gasteiger partial charge in [0.15, 0.2) is 0 Å². The molecule has 1 saturated carbocycles. The van der Waals surface area contributed by atoms with Gasteiger partial charge >= 0.3 is 0 Å². The van der Waals surface area contributed by atoms with Crippen LogP contribution in [0, 0.1) is 5.92 Å². The number of hydrogen-bond donors (Lipinski definition) is 2. The maximum Gasteiger partial charge on any atom is 0.124 e. The maximum atomic E-state index is 9.86. The van der Waals surface area contributed by atoms with E-state index in [1.807, 2.05) is 32.0 Å². The normalized spacial score (nSPS) is 26.0. The number of hydrogen-bond acceptors (Lipinski definition) is 3.